The number of hydrogen-bond donors (Lipinski definition) is 1. The molecule has 0 saturated carbocycles. The highest BCUT2D eigenvalue weighted by Crippen LogP contribution is 2.22. The van der Waals surface area contributed by atoms with Gasteiger partial charge in [0.05, 0.1) is 0 Å². The minimum Gasteiger partial charge on any atom is -0.313 e. The molecular weight excluding hydrogens is 177 g/mol. The van der Waals surface area contributed by atoms with Gasteiger partial charge in [0, 0.05) is 18.5 Å². The Morgan fingerprint density at radius 3 is 2.42 bits per heavy atom. The maximum absolute atomic E-state index is 11.7. The van der Waals surface area contributed by atoms with E-state index in [0.717, 1.165) is 6.42 Å². The summed E-state index contributed by atoms with van der Waals surface area (Å²) in [6.45, 7) is 7.24. The monoisotopic (exact) mass is 195 g/mol. The zero-order valence-corrected chi connectivity index (χ0v) is 8.92. The molecule has 12 heavy (non-hydrogen) atoms. The van der Waals surface area contributed by atoms with Gasteiger partial charge < -0.3 is 5.32 Å². The lowest BCUT2D eigenvalue weighted by Gasteiger charge is -2.21. The van der Waals surface area contributed by atoms with Crippen molar-refractivity contribution < 1.29 is 4.39 Å². The third-order valence-electron chi connectivity index (χ3n) is 1.47. The number of hydrogen-bond acceptors (Lipinski definition) is 1. The van der Waals surface area contributed by atoms with Crippen molar-refractivity contribution in [3.63, 3.8) is 0 Å². The van der Waals surface area contributed by atoms with Gasteiger partial charge in [-0.2, -0.15) is 0 Å². The Morgan fingerprint density at radius 1 is 1.42 bits per heavy atom. The molecule has 1 N–H and O–H groups in total. The van der Waals surface area contributed by atoms with Crippen molar-refractivity contribution in [1.29, 1.82) is 0 Å². The van der Waals surface area contributed by atoms with Crippen LogP contribution < -0.4 is 5.32 Å². The van der Waals surface area contributed by atoms with Crippen molar-refractivity contribution in [3.8, 4) is 0 Å². The van der Waals surface area contributed by atoms with Crippen molar-refractivity contribution in [2.75, 3.05) is 19.8 Å². The summed E-state index contributed by atoms with van der Waals surface area (Å²) in [6, 6.07) is 0. The number of halogens is 2. The van der Waals surface area contributed by atoms with Crippen LogP contribution in [-0.2, 0) is 0 Å². The highest BCUT2D eigenvalue weighted by Gasteiger charge is 2.15. The summed E-state index contributed by atoms with van der Waals surface area (Å²) in [4.78, 5) is 0. The summed E-state index contributed by atoms with van der Waals surface area (Å²) in [6.07, 6.45) is 0.952. The largest absolute Gasteiger partial charge is 0.313 e. The van der Waals surface area contributed by atoms with E-state index in [0.29, 0.717) is 13.1 Å². The smallest absolute Gasteiger partial charge is 0.102 e. The fraction of sp³-hybridized carbons (Fsp3) is 1.00. The van der Waals surface area contributed by atoms with Gasteiger partial charge in [-0.3, -0.25) is 0 Å². The summed E-state index contributed by atoms with van der Waals surface area (Å²) in [7, 11) is 0. The van der Waals surface area contributed by atoms with Crippen LogP contribution in [-0.4, -0.2) is 25.1 Å². The van der Waals surface area contributed by atoms with Gasteiger partial charge in [0.25, 0.3) is 0 Å². The molecule has 0 aliphatic carbocycles. The van der Waals surface area contributed by atoms with E-state index < -0.39 is 0 Å². The molecule has 0 saturated heterocycles. The Balaban J connectivity index is 3.40. The Kier molecular flexibility index (Phi) is 5.85. The molecule has 0 rings (SSSR count). The zero-order chi connectivity index (χ0) is 9.61. The maximum atomic E-state index is 11.7. The van der Waals surface area contributed by atoms with Crippen LogP contribution in [0.1, 0.15) is 27.2 Å². The molecule has 0 spiro atoms. The minimum absolute atomic E-state index is 0.108. The van der Waals surface area contributed by atoms with Gasteiger partial charge in [0.1, 0.15) is 6.67 Å². The fourth-order valence-electron chi connectivity index (χ4n) is 1.06. The molecule has 0 aromatic heterocycles. The molecule has 1 atom stereocenters. The van der Waals surface area contributed by atoms with E-state index in [-0.39, 0.29) is 17.5 Å². The average Bonchev–Trinajstić information content (AvgIpc) is 1.84. The minimum atomic E-state index is -0.320. The molecule has 0 aliphatic rings. The van der Waals surface area contributed by atoms with Gasteiger partial charge in [0.2, 0.25) is 0 Å². The summed E-state index contributed by atoms with van der Waals surface area (Å²) in [5.41, 5.74) is 0.254. The summed E-state index contributed by atoms with van der Waals surface area (Å²) in [5, 5.41) is 3.06. The highest BCUT2D eigenvalue weighted by molar-refractivity contribution is 6.20. The van der Waals surface area contributed by atoms with E-state index in [9.17, 15) is 4.39 Å². The lowest BCUT2D eigenvalue weighted by Crippen LogP contribution is -2.28. The van der Waals surface area contributed by atoms with E-state index in [2.05, 4.69) is 26.1 Å². The Hall–Kier alpha value is 0.180. The maximum Gasteiger partial charge on any atom is 0.102 e. The van der Waals surface area contributed by atoms with Crippen LogP contribution in [0.15, 0.2) is 0 Å². The second-order valence-electron chi connectivity index (χ2n) is 4.26. The standard InChI is InChI=1S/C9H19ClFN/c1-9(2,3)6-8(10)7-12-5-4-11/h8,12H,4-7H2,1-3H3. The lowest BCUT2D eigenvalue weighted by atomic mass is 9.90. The molecule has 0 aromatic rings. The summed E-state index contributed by atoms with van der Waals surface area (Å²) in [5.74, 6) is 0. The van der Waals surface area contributed by atoms with E-state index >= 15 is 0 Å². The number of alkyl halides is 2. The van der Waals surface area contributed by atoms with Gasteiger partial charge in [-0.05, 0) is 11.8 Å². The van der Waals surface area contributed by atoms with Crippen LogP contribution in [0.3, 0.4) is 0 Å². The van der Waals surface area contributed by atoms with Crippen molar-refractivity contribution in [3.05, 3.63) is 0 Å². The van der Waals surface area contributed by atoms with E-state index in [1.165, 1.54) is 0 Å². The van der Waals surface area contributed by atoms with Gasteiger partial charge in [0.15, 0.2) is 0 Å². The van der Waals surface area contributed by atoms with Gasteiger partial charge in [-0.15, -0.1) is 11.6 Å². The molecule has 0 aromatic carbocycles. The number of nitrogens with one attached hydrogen (secondary N) is 1. The molecule has 3 heteroatoms. The number of rotatable bonds is 5. The summed E-state index contributed by atoms with van der Waals surface area (Å²) < 4.78 is 11.7. The molecule has 74 valence electrons. The van der Waals surface area contributed by atoms with Crippen LogP contribution in [0, 0.1) is 5.41 Å². The second-order valence-corrected chi connectivity index (χ2v) is 4.87. The second kappa shape index (κ2) is 5.76. The predicted octanol–water partition coefficient (Wildman–Crippen LogP) is 2.59. The first kappa shape index (κ1) is 12.2. The topological polar surface area (TPSA) is 12.0 Å². The van der Waals surface area contributed by atoms with Crippen LogP contribution in [0.2, 0.25) is 0 Å². The Bertz CT molecular complexity index is 112. The van der Waals surface area contributed by atoms with E-state index in [1.54, 1.807) is 0 Å². The Morgan fingerprint density at radius 2 is 2.00 bits per heavy atom. The van der Waals surface area contributed by atoms with Crippen LogP contribution >= 0.6 is 11.6 Å². The molecule has 1 unspecified atom stereocenters. The quantitative estimate of drug-likeness (QED) is 0.525. The third kappa shape index (κ3) is 8.28. The first-order chi connectivity index (χ1) is 5.45. The van der Waals surface area contributed by atoms with Gasteiger partial charge in [-0.25, -0.2) is 4.39 Å². The highest BCUT2D eigenvalue weighted by atomic mass is 35.5. The predicted molar refractivity (Wildman–Crippen MR) is 52.6 cm³/mol. The van der Waals surface area contributed by atoms with Crippen LogP contribution in [0.5, 0.6) is 0 Å². The zero-order valence-electron chi connectivity index (χ0n) is 8.16. The van der Waals surface area contributed by atoms with Crippen molar-refractivity contribution in [1.82, 2.24) is 5.32 Å². The normalized spacial score (nSPS) is 14.8. The van der Waals surface area contributed by atoms with Crippen LogP contribution in [0.25, 0.3) is 0 Å². The van der Waals surface area contributed by atoms with Crippen molar-refractivity contribution in [2.45, 2.75) is 32.6 Å². The van der Waals surface area contributed by atoms with Crippen molar-refractivity contribution in [2.24, 2.45) is 5.41 Å². The Labute approximate surface area is 79.7 Å². The molecule has 0 heterocycles. The average molecular weight is 196 g/mol. The molecule has 0 radical (unpaired) electrons. The first-order valence-corrected chi connectivity index (χ1v) is 4.80. The van der Waals surface area contributed by atoms with Crippen LogP contribution in [0.4, 0.5) is 4.39 Å². The molecular formula is C9H19ClFN. The molecule has 1 nitrogen and oxygen atoms in total. The molecule has 0 fully saturated rings. The SMILES string of the molecule is CC(C)(C)CC(Cl)CNCCF. The third-order valence-corrected chi connectivity index (χ3v) is 1.78. The first-order valence-electron chi connectivity index (χ1n) is 4.36. The van der Waals surface area contributed by atoms with Gasteiger partial charge in [-0.1, -0.05) is 20.8 Å². The summed E-state index contributed by atoms with van der Waals surface area (Å²) >= 11 is 6.02. The van der Waals surface area contributed by atoms with E-state index in [4.69, 9.17) is 11.6 Å². The molecule has 0 bridgehead atoms. The molecule has 0 aliphatic heterocycles. The van der Waals surface area contributed by atoms with Crippen molar-refractivity contribution >= 4 is 11.6 Å². The lowest BCUT2D eigenvalue weighted by molar-refractivity contribution is 0.362. The molecule has 0 amide bonds. The van der Waals surface area contributed by atoms with E-state index in [1.807, 2.05) is 0 Å². The fourth-order valence-corrected chi connectivity index (χ4v) is 1.63. The van der Waals surface area contributed by atoms with Gasteiger partial charge >= 0.3 is 0 Å².